The monoisotopic (exact) mass is 677 g/mol. The van der Waals surface area contributed by atoms with Gasteiger partial charge in [0.05, 0.1) is 11.3 Å². The molecule has 5 N–H and O–H groups in total. The Morgan fingerprint density at radius 1 is 1.00 bits per heavy atom. The SMILES string of the molecule is CC(C)(NC(=O)C1CCN(C(=O)[C@H](Cc2cnc[nH]2)NC(=O)OCc2ccccc2)CC1)C(=O)N[C@@H](Cc1ccc([N+](=O)[O-])cc1)C(=O)O. The van der Waals surface area contributed by atoms with Gasteiger partial charge in [-0.3, -0.25) is 24.5 Å². The van der Waals surface area contributed by atoms with E-state index in [1.54, 1.807) is 11.1 Å². The van der Waals surface area contributed by atoms with Gasteiger partial charge in [-0.25, -0.2) is 14.6 Å². The number of imidazole rings is 1. The van der Waals surface area contributed by atoms with Crippen LogP contribution in [0.5, 0.6) is 0 Å². The summed E-state index contributed by atoms with van der Waals surface area (Å²) >= 11 is 0. The molecule has 1 aliphatic heterocycles. The van der Waals surface area contributed by atoms with E-state index in [0.717, 1.165) is 5.56 Å². The first-order chi connectivity index (χ1) is 23.3. The van der Waals surface area contributed by atoms with Gasteiger partial charge in [-0.15, -0.1) is 0 Å². The van der Waals surface area contributed by atoms with E-state index in [0.29, 0.717) is 24.1 Å². The summed E-state index contributed by atoms with van der Waals surface area (Å²) in [6, 6.07) is 12.1. The van der Waals surface area contributed by atoms with Crippen LogP contribution in [0, 0.1) is 16.0 Å². The molecule has 0 aliphatic carbocycles. The predicted molar refractivity (Wildman–Crippen MR) is 174 cm³/mol. The molecule has 260 valence electrons. The zero-order valence-corrected chi connectivity index (χ0v) is 27.1. The maximum atomic E-state index is 13.6. The molecule has 4 amide bonds. The first-order valence-electron chi connectivity index (χ1n) is 15.6. The van der Waals surface area contributed by atoms with Crippen LogP contribution >= 0.6 is 0 Å². The van der Waals surface area contributed by atoms with Crippen LogP contribution < -0.4 is 16.0 Å². The number of H-pyrrole nitrogens is 1. The molecular formula is C33H39N7O9. The number of aromatic nitrogens is 2. The Bertz CT molecular complexity index is 1620. The van der Waals surface area contributed by atoms with Crippen molar-refractivity contribution in [3.8, 4) is 0 Å². The number of hydrogen-bond donors (Lipinski definition) is 5. The zero-order valence-electron chi connectivity index (χ0n) is 27.1. The second-order valence-electron chi connectivity index (χ2n) is 12.2. The molecule has 16 heteroatoms. The molecule has 0 saturated carbocycles. The first kappa shape index (κ1) is 36.0. The number of nitro groups is 1. The lowest BCUT2D eigenvalue weighted by molar-refractivity contribution is -0.384. The van der Waals surface area contributed by atoms with E-state index >= 15 is 0 Å². The normalized spacial score (nSPS) is 14.6. The highest BCUT2D eigenvalue weighted by atomic mass is 16.6. The van der Waals surface area contributed by atoms with Crippen molar-refractivity contribution in [1.82, 2.24) is 30.8 Å². The minimum atomic E-state index is -1.48. The van der Waals surface area contributed by atoms with Crippen molar-refractivity contribution in [2.24, 2.45) is 5.92 Å². The number of alkyl carbamates (subject to hydrolysis) is 1. The molecule has 49 heavy (non-hydrogen) atoms. The number of aromatic amines is 1. The Kier molecular flexibility index (Phi) is 12.0. The Balaban J connectivity index is 1.30. The van der Waals surface area contributed by atoms with Crippen molar-refractivity contribution in [3.63, 3.8) is 0 Å². The molecule has 0 unspecified atom stereocenters. The number of rotatable bonds is 14. The molecule has 0 spiro atoms. The quantitative estimate of drug-likeness (QED) is 0.123. The third-order valence-corrected chi connectivity index (χ3v) is 8.15. The molecule has 1 aromatic heterocycles. The van der Waals surface area contributed by atoms with E-state index in [4.69, 9.17) is 4.74 Å². The summed E-state index contributed by atoms with van der Waals surface area (Å²) in [5.41, 5.74) is 0.261. The largest absolute Gasteiger partial charge is 0.480 e. The van der Waals surface area contributed by atoms with Crippen LogP contribution in [0.1, 0.15) is 43.5 Å². The number of non-ortho nitro benzene ring substituents is 1. The highest BCUT2D eigenvalue weighted by Crippen LogP contribution is 2.21. The van der Waals surface area contributed by atoms with Crippen LogP contribution in [0.4, 0.5) is 10.5 Å². The number of carbonyl (C=O) groups is 5. The number of carboxylic acids is 1. The maximum absolute atomic E-state index is 13.6. The predicted octanol–water partition coefficient (Wildman–Crippen LogP) is 2.10. The van der Waals surface area contributed by atoms with Crippen LogP contribution in [-0.2, 0) is 43.4 Å². The van der Waals surface area contributed by atoms with Crippen LogP contribution in [0.15, 0.2) is 67.1 Å². The summed E-state index contributed by atoms with van der Waals surface area (Å²) in [5, 5.41) is 28.4. The smallest absolute Gasteiger partial charge is 0.408 e. The fraction of sp³-hybridized carbons (Fsp3) is 0.394. The topological polar surface area (TPSA) is 226 Å². The van der Waals surface area contributed by atoms with Crippen LogP contribution in [-0.4, -0.2) is 85.4 Å². The number of aliphatic carboxylic acids is 1. The molecule has 3 aromatic rings. The second kappa shape index (κ2) is 16.3. The van der Waals surface area contributed by atoms with Gasteiger partial charge in [0.2, 0.25) is 17.7 Å². The lowest BCUT2D eigenvalue weighted by atomic mass is 9.93. The summed E-state index contributed by atoms with van der Waals surface area (Å²) in [5.74, 6) is -3.34. The van der Waals surface area contributed by atoms with Gasteiger partial charge in [-0.1, -0.05) is 42.5 Å². The molecule has 4 rings (SSSR count). The zero-order chi connectivity index (χ0) is 35.6. The standard InChI is InChI=1S/C33H39N7O9/c1-33(2,31(45)36-27(30(43)44)16-21-8-10-25(11-9-21)40(47)48)38-28(41)23-12-14-39(15-13-23)29(42)26(17-24-18-34-20-35-24)37-32(46)49-19-22-6-4-3-5-7-22/h3-11,18,20,23,26-27H,12-17,19H2,1-2H3,(H,34,35)(H,36,45)(H,37,46)(H,38,41)(H,43,44)/t26-,27-/m0/s1. The van der Waals surface area contributed by atoms with Crippen molar-refractivity contribution in [2.75, 3.05) is 13.1 Å². The lowest BCUT2D eigenvalue weighted by Gasteiger charge is -2.35. The number of likely N-dealkylation sites (tertiary alicyclic amines) is 1. The van der Waals surface area contributed by atoms with E-state index in [1.165, 1.54) is 44.4 Å². The van der Waals surface area contributed by atoms with Gasteiger partial charge >= 0.3 is 12.1 Å². The Morgan fingerprint density at radius 2 is 1.67 bits per heavy atom. The number of carboxylic acid groups (broad SMARTS) is 1. The molecule has 2 aromatic carbocycles. The summed E-state index contributed by atoms with van der Waals surface area (Å²) in [6.07, 6.45) is 2.87. The highest BCUT2D eigenvalue weighted by molar-refractivity contribution is 5.94. The molecule has 0 radical (unpaired) electrons. The Morgan fingerprint density at radius 3 is 2.27 bits per heavy atom. The van der Waals surface area contributed by atoms with Gasteiger partial charge in [0.15, 0.2) is 0 Å². The molecule has 1 fully saturated rings. The summed E-state index contributed by atoms with van der Waals surface area (Å²) in [6.45, 7) is 3.38. The Hall–Kier alpha value is -5.80. The minimum absolute atomic E-state index is 0.0310. The van der Waals surface area contributed by atoms with Crippen LogP contribution in [0.25, 0.3) is 0 Å². The minimum Gasteiger partial charge on any atom is -0.480 e. The number of nitrogens with one attached hydrogen (secondary N) is 4. The number of amides is 4. The fourth-order valence-corrected chi connectivity index (χ4v) is 5.30. The van der Waals surface area contributed by atoms with Gasteiger partial charge in [-0.05, 0) is 37.8 Å². The van der Waals surface area contributed by atoms with E-state index in [1.807, 2.05) is 30.3 Å². The van der Waals surface area contributed by atoms with Crippen molar-refractivity contribution in [3.05, 3.63) is 94.1 Å². The van der Waals surface area contributed by atoms with Crippen LogP contribution in [0.2, 0.25) is 0 Å². The maximum Gasteiger partial charge on any atom is 0.408 e. The van der Waals surface area contributed by atoms with Crippen molar-refractivity contribution in [1.29, 1.82) is 0 Å². The number of carbonyl (C=O) groups excluding carboxylic acids is 4. The fourth-order valence-electron chi connectivity index (χ4n) is 5.30. The number of benzene rings is 2. The number of ether oxygens (including phenoxy) is 1. The third-order valence-electron chi connectivity index (χ3n) is 8.15. The lowest BCUT2D eigenvalue weighted by Crippen LogP contribution is -2.59. The van der Waals surface area contributed by atoms with E-state index in [2.05, 4.69) is 25.9 Å². The number of nitro benzene ring substituents is 1. The van der Waals surface area contributed by atoms with Crippen molar-refractivity contribution in [2.45, 2.75) is 63.8 Å². The van der Waals surface area contributed by atoms with Crippen LogP contribution in [0.3, 0.4) is 0 Å². The van der Waals surface area contributed by atoms with Gasteiger partial charge < -0.3 is 35.7 Å². The Labute approximate surface area is 281 Å². The van der Waals surface area contributed by atoms with E-state index in [9.17, 15) is 39.2 Å². The molecule has 2 atom stereocenters. The van der Waals surface area contributed by atoms with Crippen molar-refractivity contribution < 1.29 is 38.7 Å². The molecule has 16 nitrogen and oxygen atoms in total. The molecule has 2 heterocycles. The number of piperidine rings is 1. The van der Waals surface area contributed by atoms with E-state index < -0.39 is 52.3 Å². The average molecular weight is 678 g/mol. The van der Waals surface area contributed by atoms with Gasteiger partial charge in [-0.2, -0.15) is 0 Å². The summed E-state index contributed by atoms with van der Waals surface area (Å²) in [4.78, 5) is 83.2. The van der Waals surface area contributed by atoms with Gasteiger partial charge in [0.25, 0.3) is 5.69 Å². The summed E-state index contributed by atoms with van der Waals surface area (Å²) in [7, 11) is 0. The molecule has 1 saturated heterocycles. The van der Waals surface area contributed by atoms with Gasteiger partial charge in [0.1, 0.15) is 24.2 Å². The third kappa shape index (κ3) is 10.3. The highest BCUT2D eigenvalue weighted by Gasteiger charge is 2.37. The second-order valence-corrected chi connectivity index (χ2v) is 12.2. The summed E-state index contributed by atoms with van der Waals surface area (Å²) < 4.78 is 5.32. The molecule has 0 bridgehead atoms. The molecule has 1 aliphatic rings. The number of hydrogen-bond acceptors (Lipinski definition) is 9. The average Bonchev–Trinajstić information content (AvgIpc) is 3.60. The van der Waals surface area contributed by atoms with Crippen molar-refractivity contribution >= 4 is 35.5 Å². The first-order valence-corrected chi connectivity index (χ1v) is 15.6. The molecular weight excluding hydrogens is 638 g/mol. The number of nitrogens with zero attached hydrogens (tertiary/aromatic N) is 3. The van der Waals surface area contributed by atoms with E-state index in [-0.39, 0.29) is 44.1 Å². The van der Waals surface area contributed by atoms with Gasteiger partial charge in [0, 0.05) is 55.9 Å².